The summed E-state index contributed by atoms with van der Waals surface area (Å²) in [6.07, 6.45) is 0. The number of carboxylic acid groups (broad SMARTS) is 1. The van der Waals surface area contributed by atoms with E-state index in [1.54, 1.807) is 13.8 Å². The summed E-state index contributed by atoms with van der Waals surface area (Å²) in [5, 5.41) is 33.2. The van der Waals surface area contributed by atoms with Gasteiger partial charge in [0.25, 0.3) is 0 Å². The van der Waals surface area contributed by atoms with Crippen LogP contribution in [0.1, 0.15) is 13.8 Å². The number of nitrogens with two attached hydrogens (primary N) is 2. The second kappa shape index (κ2) is 8.43. The van der Waals surface area contributed by atoms with Gasteiger partial charge in [-0.2, -0.15) is 0 Å². The molecule has 0 aliphatic rings. The molecule has 0 aliphatic heterocycles. The van der Waals surface area contributed by atoms with E-state index in [1.807, 2.05) is 0 Å². The van der Waals surface area contributed by atoms with E-state index in [4.69, 9.17) is 31.9 Å². The third-order valence-electron chi connectivity index (χ3n) is 1.95. The maximum absolute atomic E-state index is 10.0. The first-order chi connectivity index (χ1) is 7.24. The van der Waals surface area contributed by atoms with Crippen LogP contribution in [0.3, 0.4) is 0 Å². The standard InChI is InChI=1S/C5H11NO2.C4H11NO3/c1-3(2)4(6)5(7)8;5-4(1-6,2-7)3-8/h3-4H,6H2,1-2H3,(H,7,8);6-8H,1-3,5H2/t4-;/m0./s1. The van der Waals surface area contributed by atoms with E-state index < -0.39 is 37.4 Å². The Balaban J connectivity index is 0. The zero-order chi connectivity index (χ0) is 13.4. The number of rotatable bonds is 5. The topological polar surface area (TPSA) is 150 Å². The third kappa shape index (κ3) is 7.55. The van der Waals surface area contributed by atoms with Gasteiger partial charge in [-0.25, -0.2) is 0 Å². The molecule has 0 saturated heterocycles. The average molecular weight is 238 g/mol. The summed E-state index contributed by atoms with van der Waals surface area (Å²) < 4.78 is 0. The van der Waals surface area contributed by atoms with Gasteiger partial charge >= 0.3 is 5.97 Å². The molecule has 8 N–H and O–H groups in total. The van der Waals surface area contributed by atoms with Crippen LogP contribution in [0.4, 0.5) is 0 Å². The molecule has 0 rings (SSSR count). The van der Waals surface area contributed by atoms with Crippen molar-refractivity contribution in [2.24, 2.45) is 17.4 Å². The Morgan fingerprint density at radius 1 is 1.19 bits per heavy atom. The lowest BCUT2D eigenvalue weighted by atomic mass is 10.1. The summed E-state index contributed by atoms with van der Waals surface area (Å²) >= 11 is 0. The van der Waals surface area contributed by atoms with Crippen LogP contribution in [0.15, 0.2) is 0 Å². The molecule has 0 spiro atoms. The molecule has 98 valence electrons. The Bertz CT molecular complexity index is 186. The van der Waals surface area contributed by atoms with Crippen LogP contribution in [-0.4, -0.2) is 57.8 Å². The minimum atomic E-state index is -1.21. The van der Waals surface area contributed by atoms with E-state index in [1.165, 1.54) is 0 Å². The minimum Gasteiger partial charge on any atom is -0.480 e. The molecule has 7 nitrogen and oxygen atoms in total. The molecule has 0 aromatic rings. The Kier molecular flexibility index (Phi) is 9.30. The number of hydrogen-bond donors (Lipinski definition) is 6. The lowest BCUT2D eigenvalue weighted by Gasteiger charge is -2.20. The van der Waals surface area contributed by atoms with Crippen LogP contribution in [0.2, 0.25) is 0 Å². The summed E-state index contributed by atoms with van der Waals surface area (Å²) in [7, 11) is 0. The molecule has 7 heteroatoms. The summed E-state index contributed by atoms with van der Waals surface area (Å²) in [4.78, 5) is 10.0. The fourth-order valence-corrected chi connectivity index (χ4v) is 0.435. The molecular weight excluding hydrogens is 216 g/mol. The molecule has 16 heavy (non-hydrogen) atoms. The molecule has 1 atom stereocenters. The molecule has 0 fully saturated rings. The highest BCUT2D eigenvalue weighted by Gasteiger charge is 2.20. The molecule has 0 saturated carbocycles. The van der Waals surface area contributed by atoms with Crippen LogP contribution >= 0.6 is 0 Å². The van der Waals surface area contributed by atoms with E-state index in [2.05, 4.69) is 0 Å². The SMILES string of the molecule is CC(C)[C@H](N)C(=O)O.NC(CO)(CO)CO. The third-order valence-corrected chi connectivity index (χ3v) is 1.95. The van der Waals surface area contributed by atoms with Crippen LogP contribution in [-0.2, 0) is 4.79 Å². The Morgan fingerprint density at radius 3 is 1.50 bits per heavy atom. The number of aliphatic hydroxyl groups excluding tert-OH is 3. The highest BCUT2D eigenvalue weighted by molar-refractivity contribution is 5.73. The fraction of sp³-hybridized carbons (Fsp3) is 0.889. The van der Waals surface area contributed by atoms with Crippen LogP contribution in [0.5, 0.6) is 0 Å². The average Bonchev–Trinajstić information content (AvgIpc) is 2.27. The predicted octanol–water partition coefficient (Wildman–Crippen LogP) is -2.28. The number of carboxylic acids is 1. The Labute approximate surface area is 94.7 Å². The zero-order valence-electron chi connectivity index (χ0n) is 9.63. The molecule has 0 aliphatic carbocycles. The second-order valence-corrected chi connectivity index (χ2v) is 3.94. The van der Waals surface area contributed by atoms with Gasteiger partial charge < -0.3 is 31.9 Å². The van der Waals surface area contributed by atoms with Crippen molar-refractivity contribution in [2.75, 3.05) is 19.8 Å². The van der Waals surface area contributed by atoms with Crippen molar-refractivity contribution in [3.63, 3.8) is 0 Å². The lowest BCUT2D eigenvalue weighted by Crippen LogP contribution is -2.50. The van der Waals surface area contributed by atoms with Crippen molar-refractivity contribution >= 4 is 5.97 Å². The van der Waals surface area contributed by atoms with Crippen LogP contribution in [0, 0.1) is 5.92 Å². The van der Waals surface area contributed by atoms with Gasteiger partial charge in [-0.3, -0.25) is 4.79 Å². The first-order valence-corrected chi connectivity index (χ1v) is 4.84. The molecule has 0 radical (unpaired) electrons. The highest BCUT2D eigenvalue weighted by Crippen LogP contribution is 1.96. The van der Waals surface area contributed by atoms with Gasteiger partial charge in [0.1, 0.15) is 6.04 Å². The number of aliphatic carboxylic acids is 1. The highest BCUT2D eigenvalue weighted by atomic mass is 16.4. The monoisotopic (exact) mass is 238 g/mol. The van der Waals surface area contributed by atoms with E-state index in [0.717, 1.165) is 0 Å². The smallest absolute Gasteiger partial charge is 0.320 e. The van der Waals surface area contributed by atoms with Crippen molar-refractivity contribution < 1.29 is 25.2 Å². The Hall–Kier alpha value is -0.730. The maximum atomic E-state index is 10.0. The molecule has 0 aromatic carbocycles. The first-order valence-electron chi connectivity index (χ1n) is 4.84. The van der Waals surface area contributed by atoms with Crippen molar-refractivity contribution in [3.05, 3.63) is 0 Å². The van der Waals surface area contributed by atoms with Gasteiger partial charge in [0, 0.05) is 0 Å². The molecular formula is C9H22N2O5. The minimum absolute atomic E-state index is 0.0208. The van der Waals surface area contributed by atoms with Gasteiger partial charge in [-0.15, -0.1) is 0 Å². The molecule has 0 heterocycles. The van der Waals surface area contributed by atoms with Gasteiger partial charge in [0.15, 0.2) is 0 Å². The zero-order valence-corrected chi connectivity index (χ0v) is 9.63. The van der Waals surface area contributed by atoms with Crippen molar-refractivity contribution in [3.8, 4) is 0 Å². The molecule has 0 aromatic heterocycles. The van der Waals surface area contributed by atoms with Crippen LogP contribution in [0.25, 0.3) is 0 Å². The molecule has 0 amide bonds. The van der Waals surface area contributed by atoms with Gasteiger partial charge in [0.05, 0.1) is 25.4 Å². The van der Waals surface area contributed by atoms with Gasteiger partial charge in [-0.05, 0) is 5.92 Å². The lowest BCUT2D eigenvalue weighted by molar-refractivity contribution is -0.139. The number of aliphatic hydroxyl groups is 3. The summed E-state index contributed by atoms with van der Waals surface area (Å²) in [5.74, 6) is -0.910. The maximum Gasteiger partial charge on any atom is 0.320 e. The fourth-order valence-electron chi connectivity index (χ4n) is 0.435. The van der Waals surface area contributed by atoms with Crippen molar-refractivity contribution in [1.29, 1.82) is 0 Å². The van der Waals surface area contributed by atoms with E-state index >= 15 is 0 Å². The van der Waals surface area contributed by atoms with E-state index in [9.17, 15) is 4.79 Å². The molecule has 0 unspecified atom stereocenters. The predicted molar refractivity (Wildman–Crippen MR) is 58.6 cm³/mol. The summed E-state index contributed by atoms with van der Waals surface area (Å²) in [6, 6.07) is -0.713. The summed E-state index contributed by atoms with van der Waals surface area (Å²) in [5.41, 5.74) is 9.10. The van der Waals surface area contributed by atoms with Crippen molar-refractivity contribution in [2.45, 2.75) is 25.4 Å². The number of hydrogen-bond acceptors (Lipinski definition) is 6. The number of carbonyl (C=O) groups is 1. The quantitative estimate of drug-likeness (QED) is 0.315. The van der Waals surface area contributed by atoms with Crippen LogP contribution < -0.4 is 11.5 Å². The van der Waals surface area contributed by atoms with Gasteiger partial charge in [-0.1, -0.05) is 13.8 Å². The first kappa shape index (κ1) is 17.7. The summed E-state index contributed by atoms with van der Waals surface area (Å²) in [6.45, 7) is 2.34. The second-order valence-electron chi connectivity index (χ2n) is 3.94. The van der Waals surface area contributed by atoms with E-state index in [-0.39, 0.29) is 5.92 Å². The largest absolute Gasteiger partial charge is 0.480 e. The van der Waals surface area contributed by atoms with Crippen molar-refractivity contribution in [1.82, 2.24) is 0 Å². The molecule has 0 bridgehead atoms. The Morgan fingerprint density at radius 2 is 1.50 bits per heavy atom. The van der Waals surface area contributed by atoms with Gasteiger partial charge in [0.2, 0.25) is 0 Å². The van der Waals surface area contributed by atoms with E-state index in [0.29, 0.717) is 0 Å². The normalized spacial score (nSPS) is 13.0.